The van der Waals surface area contributed by atoms with Gasteiger partial charge in [-0.25, -0.2) is 9.59 Å². The first-order chi connectivity index (χ1) is 19.3. The summed E-state index contributed by atoms with van der Waals surface area (Å²) in [7, 11) is 1.41. The molecule has 12 heteroatoms. The van der Waals surface area contributed by atoms with Gasteiger partial charge in [0, 0.05) is 11.6 Å². The summed E-state index contributed by atoms with van der Waals surface area (Å²) >= 11 is 5.63. The van der Waals surface area contributed by atoms with Gasteiger partial charge in [0.1, 0.15) is 12.0 Å². The minimum atomic E-state index is -0.874. The van der Waals surface area contributed by atoms with Crippen LogP contribution in [0.2, 0.25) is 0 Å². The minimum Gasteiger partial charge on any atom is -0.493 e. The second kappa shape index (κ2) is 17.5. The van der Waals surface area contributed by atoms with E-state index in [1.807, 2.05) is 6.92 Å². The number of esters is 3. The molecule has 2 aromatic carbocycles. The zero-order chi connectivity index (χ0) is 29.3. The third kappa shape index (κ3) is 10.9. The Kier molecular flexibility index (Phi) is 14.0. The van der Waals surface area contributed by atoms with Crippen LogP contribution >= 0.6 is 11.6 Å². The maximum atomic E-state index is 13.2. The summed E-state index contributed by atoms with van der Waals surface area (Å²) in [6.07, 6.45) is 5.03. The van der Waals surface area contributed by atoms with Crippen molar-refractivity contribution < 1.29 is 43.3 Å². The Morgan fingerprint density at radius 2 is 1.80 bits per heavy atom. The Morgan fingerprint density at radius 3 is 2.50 bits per heavy atom. The van der Waals surface area contributed by atoms with Crippen LogP contribution < -0.4 is 9.47 Å². The number of rotatable bonds is 17. The topological polar surface area (TPSA) is 141 Å². The molecule has 0 aliphatic heterocycles. The lowest BCUT2D eigenvalue weighted by molar-refractivity contribution is -0.757. The molecular weight excluding hydrogens is 546 g/mol. The fourth-order valence-electron chi connectivity index (χ4n) is 3.58. The number of hydrogen-bond acceptors (Lipinski definition) is 10. The molecule has 0 spiro atoms. The van der Waals surface area contributed by atoms with Gasteiger partial charge in [0.05, 0.1) is 25.9 Å². The maximum absolute atomic E-state index is 13.2. The van der Waals surface area contributed by atoms with E-state index in [1.54, 1.807) is 36.4 Å². The van der Waals surface area contributed by atoms with Gasteiger partial charge >= 0.3 is 17.9 Å². The van der Waals surface area contributed by atoms with Crippen LogP contribution in [0.5, 0.6) is 11.5 Å². The van der Waals surface area contributed by atoms with Crippen molar-refractivity contribution in [1.29, 1.82) is 0 Å². The first-order valence-electron chi connectivity index (χ1n) is 12.7. The largest absolute Gasteiger partial charge is 0.493 e. The summed E-state index contributed by atoms with van der Waals surface area (Å²) in [6.45, 7) is 2.04. The summed E-state index contributed by atoms with van der Waals surface area (Å²) in [6, 6.07) is 11.5. The SMILES string of the molecule is CCCC[C@@H](OC(=O)CCl)c1ccccc1C(=O)Oc1ccc(/C=C/C(=O)OCCCCO[N+](=O)[O-])cc1OC. The number of carbonyl (C=O) groups excluding carboxylic acids is 3. The molecule has 0 heterocycles. The van der Waals surface area contributed by atoms with Crippen molar-refractivity contribution in [1.82, 2.24) is 0 Å². The molecule has 40 heavy (non-hydrogen) atoms. The predicted molar refractivity (Wildman–Crippen MR) is 146 cm³/mol. The van der Waals surface area contributed by atoms with Crippen molar-refractivity contribution in [3.05, 3.63) is 75.3 Å². The number of ether oxygens (including phenoxy) is 4. The van der Waals surface area contributed by atoms with Crippen LogP contribution in [0.15, 0.2) is 48.5 Å². The number of carbonyl (C=O) groups is 3. The van der Waals surface area contributed by atoms with E-state index in [4.69, 9.17) is 30.5 Å². The Morgan fingerprint density at radius 1 is 1.05 bits per heavy atom. The molecule has 0 aromatic heterocycles. The first kappa shape index (κ1) is 32.1. The van der Waals surface area contributed by atoms with Crippen LogP contribution in [-0.4, -0.2) is 49.2 Å². The van der Waals surface area contributed by atoms with Crippen molar-refractivity contribution in [2.24, 2.45) is 0 Å². The maximum Gasteiger partial charge on any atom is 0.344 e. The highest BCUT2D eigenvalue weighted by Crippen LogP contribution is 2.32. The van der Waals surface area contributed by atoms with E-state index in [9.17, 15) is 24.5 Å². The van der Waals surface area contributed by atoms with E-state index in [0.29, 0.717) is 30.4 Å². The van der Waals surface area contributed by atoms with Gasteiger partial charge in [-0.15, -0.1) is 21.7 Å². The molecule has 1 atom stereocenters. The number of methoxy groups -OCH3 is 1. The third-order valence-corrected chi connectivity index (χ3v) is 5.73. The summed E-state index contributed by atoms with van der Waals surface area (Å²) in [5.74, 6) is -1.72. The zero-order valence-corrected chi connectivity index (χ0v) is 23.1. The average Bonchev–Trinajstić information content (AvgIpc) is 2.96. The minimum absolute atomic E-state index is 0.0659. The van der Waals surface area contributed by atoms with E-state index < -0.39 is 29.1 Å². The second-order valence-corrected chi connectivity index (χ2v) is 8.67. The Hall–Kier alpha value is -4.12. The standard InChI is InChI=1S/C28H32ClNO10/c1-3-4-11-23(39-27(32)19-29)21-9-5-6-10-22(21)28(33)40-24-14-12-20(18-25(24)36-2)13-15-26(31)37-16-7-8-17-38-30(34)35/h5-6,9-10,12-15,18,23H,3-4,7-8,11,16-17,19H2,1-2H3/b15-13+/t23-/m1/s1. The Bertz CT molecular complexity index is 1180. The highest BCUT2D eigenvalue weighted by molar-refractivity contribution is 6.26. The molecule has 0 amide bonds. The number of nitrogens with zero attached hydrogens (tertiary/aromatic N) is 1. The number of alkyl halides is 1. The molecule has 2 rings (SSSR count). The quantitative estimate of drug-likeness (QED) is 0.0451. The van der Waals surface area contributed by atoms with Crippen molar-refractivity contribution in [3.8, 4) is 11.5 Å². The van der Waals surface area contributed by atoms with Gasteiger partial charge in [-0.1, -0.05) is 37.6 Å². The lowest BCUT2D eigenvalue weighted by Gasteiger charge is -2.20. The third-order valence-electron chi connectivity index (χ3n) is 5.51. The van der Waals surface area contributed by atoms with Crippen molar-refractivity contribution in [2.45, 2.75) is 45.1 Å². The average molecular weight is 578 g/mol. The lowest BCUT2D eigenvalue weighted by atomic mass is 9.98. The first-order valence-corrected chi connectivity index (χ1v) is 13.2. The van der Waals surface area contributed by atoms with E-state index in [1.165, 1.54) is 25.3 Å². The van der Waals surface area contributed by atoms with E-state index in [2.05, 4.69) is 4.84 Å². The van der Waals surface area contributed by atoms with Crippen molar-refractivity contribution in [3.63, 3.8) is 0 Å². The molecule has 0 unspecified atom stereocenters. The number of benzene rings is 2. The van der Waals surface area contributed by atoms with Crippen LogP contribution in [-0.2, 0) is 23.9 Å². The normalized spacial score (nSPS) is 11.5. The van der Waals surface area contributed by atoms with Gasteiger partial charge in [0.25, 0.3) is 5.09 Å². The number of unbranched alkanes of at least 4 members (excludes halogenated alkanes) is 2. The second-order valence-electron chi connectivity index (χ2n) is 8.41. The predicted octanol–water partition coefficient (Wildman–Crippen LogP) is 5.47. The van der Waals surface area contributed by atoms with Crippen LogP contribution in [0.1, 0.15) is 66.6 Å². The monoisotopic (exact) mass is 577 g/mol. The number of halogens is 1. The fourth-order valence-corrected chi connectivity index (χ4v) is 3.64. The van der Waals surface area contributed by atoms with Crippen molar-refractivity contribution >= 4 is 35.6 Å². The van der Waals surface area contributed by atoms with E-state index in [-0.39, 0.29) is 36.2 Å². The molecule has 0 N–H and O–H groups in total. The summed E-state index contributed by atoms with van der Waals surface area (Å²) in [5, 5.41) is 9.22. The highest BCUT2D eigenvalue weighted by atomic mass is 35.5. The molecule has 2 aromatic rings. The Balaban J connectivity index is 2.08. The van der Waals surface area contributed by atoms with Crippen LogP contribution in [0.4, 0.5) is 0 Å². The van der Waals surface area contributed by atoms with Crippen LogP contribution in [0, 0.1) is 10.1 Å². The molecule has 0 saturated carbocycles. The molecule has 0 aliphatic rings. The van der Waals surface area contributed by atoms with E-state index in [0.717, 1.165) is 12.8 Å². The van der Waals surface area contributed by atoms with Gasteiger partial charge < -0.3 is 23.8 Å². The van der Waals surface area contributed by atoms with Gasteiger partial charge in [-0.3, -0.25) is 4.79 Å². The molecule has 0 fully saturated rings. The lowest BCUT2D eigenvalue weighted by Crippen LogP contribution is -2.18. The molecule has 11 nitrogen and oxygen atoms in total. The van der Waals surface area contributed by atoms with Gasteiger partial charge in [0.15, 0.2) is 11.5 Å². The van der Waals surface area contributed by atoms with Crippen LogP contribution in [0.25, 0.3) is 6.08 Å². The summed E-state index contributed by atoms with van der Waals surface area (Å²) in [4.78, 5) is 51.3. The van der Waals surface area contributed by atoms with Gasteiger partial charge in [-0.05, 0) is 55.5 Å². The highest BCUT2D eigenvalue weighted by Gasteiger charge is 2.24. The smallest absolute Gasteiger partial charge is 0.344 e. The van der Waals surface area contributed by atoms with Gasteiger partial charge in [-0.2, -0.15) is 0 Å². The molecule has 216 valence electrons. The summed E-state index contributed by atoms with van der Waals surface area (Å²) in [5.41, 5.74) is 1.34. The van der Waals surface area contributed by atoms with Crippen molar-refractivity contribution in [2.75, 3.05) is 26.2 Å². The fraction of sp³-hybridized carbons (Fsp3) is 0.393. The molecule has 0 aliphatic carbocycles. The number of hydrogen-bond donors (Lipinski definition) is 0. The summed E-state index contributed by atoms with van der Waals surface area (Å²) < 4.78 is 21.6. The zero-order valence-electron chi connectivity index (χ0n) is 22.3. The Labute approximate surface area is 237 Å². The van der Waals surface area contributed by atoms with E-state index >= 15 is 0 Å². The van der Waals surface area contributed by atoms with Gasteiger partial charge in [0.2, 0.25) is 0 Å². The van der Waals surface area contributed by atoms with Crippen LogP contribution in [0.3, 0.4) is 0 Å². The molecule has 0 saturated heterocycles. The molecule has 0 radical (unpaired) electrons. The molecular formula is C28H32ClNO10. The molecule has 0 bridgehead atoms.